The Labute approximate surface area is 113 Å². The quantitative estimate of drug-likeness (QED) is 0.707. The lowest BCUT2D eigenvalue weighted by Crippen LogP contribution is -2.21. The number of allylic oxidation sites excluding steroid dienone is 11. The van der Waals surface area contributed by atoms with Gasteiger partial charge in [-0.1, -0.05) is 56.0 Å². The molecule has 0 radical (unpaired) electrons. The van der Waals surface area contributed by atoms with E-state index in [2.05, 4.69) is 6.58 Å². The average Bonchev–Trinajstić information content (AvgIpc) is 2.59. The van der Waals surface area contributed by atoms with E-state index in [0.717, 1.165) is 0 Å². The van der Waals surface area contributed by atoms with Crippen molar-refractivity contribution in [3.05, 3.63) is 71.4 Å². The van der Waals surface area contributed by atoms with Crippen molar-refractivity contribution in [3.63, 3.8) is 0 Å². The monoisotopic (exact) mass is 252 g/mol. The molecule has 2 rings (SSSR count). The fraction of sp³-hybridized carbons (Fsp3) is 0.176. The molecule has 0 saturated heterocycles. The van der Waals surface area contributed by atoms with Crippen LogP contribution in [-0.2, 0) is 9.59 Å². The molecule has 0 aromatic heterocycles. The zero-order chi connectivity index (χ0) is 14.0. The van der Waals surface area contributed by atoms with Crippen LogP contribution < -0.4 is 0 Å². The van der Waals surface area contributed by atoms with Crippen LogP contribution in [0.25, 0.3) is 0 Å². The fourth-order valence-corrected chi connectivity index (χ4v) is 2.21. The molecule has 0 spiro atoms. The van der Waals surface area contributed by atoms with Crippen LogP contribution in [0.2, 0.25) is 0 Å². The summed E-state index contributed by atoms with van der Waals surface area (Å²) in [6.45, 7) is 7.48. The van der Waals surface area contributed by atoms with Crippen molar-refractivity contribution >= 4 is 11.6 Å². The molecule has 96 valence electrons. The lowest BCUT2D eigenvalue weighted by Gasteiger charge is -2.17. The van der Waals surface area contributed by atoms with Gasteiger partial charge in [-0.3, -0.25) is 9.59 Å². The standard InChI is InChI=1S/C17H16O2/c1-4-6-13-12(5-2)16(18)14-9-7-11(3)8-10-15(14)17(13)19/h4-11H,2H2,1,3H3/b6-4-. The van der Waals surface area contributed by atoms with Crippen molar-refractivity contribution in [2.45, 2.75) is 13.8 Å². The molecule has 0 aromatic rings. The van der Waals surface area contributed by atoms with Crippen LogP contribution in [0.1, 0.15) is 13.8 Å². The van der Waals surface area contributed by atoms with Crippen LogP contribution in [0.5, 0.6) is 0 Å². The van der Waals surface area contributed by atoms with Gasteiger partial charge < -0.3 is 0 Å². The summed E-state index contributed by atoms with van der Waals surface area (Å²) in [5.41, 5.74) is 1.75. The van der Waals surface area contributed by atoms with Gasteiger partial charge in [-0.05, 0) is 12.8 Å². The summed E-state index contributed by atoms with van der Waals surface area (Å²) in [5, 5.41) is 0. The zero-order valence-electron chi connectivity index (χ0n) is 11.1. The largest absolute Gasteiger partial charge is 0.289 e. The summed E-state index contributed by atoms with van der Waals surface area (Å²) in [7, 11) is 0. The first kappa shape index (κ1) is 13.2. The minimum atomic E-state index is -0.132. The first-order valence-corrected chi connectivity index (χ1v) is 6.29. The van der Waals surface area contributed by atoms with Gasteiger partial charge in [0.2, 0.25) is 0 Å². The van der Waals surface area contributed by atoms with E-state index in [0.29, 0.717) is 22.3 Å². The molecule has 2 aliphatic rings. The molecule has 0 aliphatic heterocycles. The second-order valence-electron chi connectivity index (χ2n) is 4.59. The second kappa shape index (κ2) is 5.19. The lowest BCUT2D eigenvalue weighted by molar-refractivity contribution is -0.115. The number of ketones is 2. The third kappa shape index (κ3) is 2.22. The molecule has 0 saturated carbocycles. The van der Waals surface area contributed by atoms with E-state index in [-0.39, 0.29) is 17.5 Å². The van der Waals surface area contributed by atoms with Crippen molar-refractivity contribution in [2.24, 2.45) is 5.92 Å². The fourth-order valence-electron chi connectivity index (χ4n) is 2.21. The summed E-state index contributed by atoms with van der Waals surface area (Å²) in [6.07, 6.45) is 12.2. The predicted octanol–water partition coefficient (Wildman–Crippen LogP) is 3.26. The molecule has 0 bridgehead atoms. The molecule has 2 aliphatic carbocycles. The van der Waals surface area contributed by atoms with Gasteiger partial charge in [-0.15, -0.1) is 0 Å². The molecule has 0 N–H and O–H groups in total. The summed E-state index contributed by atoms with van der Waals surface area (Å²) in [5.74, 6) is -0.0335. The zero-order valence-corrected chi connectivity index (χ0v) is 11.1. The molecule has 0 fully saturated rings. The van der Waals surface area contributed by atoms with E-state index in [1.165, 1.54) is 6.08 Å². The highest BCUT2D eigenvalue weighted by molar-refractivity contribution is 6.29. The molecular formula is C17H16O2. The smallest absolute Gasteiger partial charge is 0.194 e. The van der Waals surface area contributed by atoms with Gasteiger partial charge in [0.1, 0.15) is 0 Å². The van der Waals surface area contributed by atoms with Gasteiger partial charge in [-0.2, -0.15) is 0 Å². The molecule has 2 heteroatoms. The Morgan fingerprint density at radius 1 is 1.05 bits per heavy atom. The summed E-state index contributed by atoms with van der Waals surface area (Å²) < 4.78 is 0. The maximum atomic E-state index is 12.5. The van der Waals surface area contributed by atoms with E-state index in [4.69, 9.17) is 0 Å². The van der Waals surface area contributed by atoms with Crippen LogP contribution in [0.15, 0.2) is 71.4 Å². The van der Waals surface area contributed by atoms with Crippen molar-refractivity contribution in [1.29, 1.82) is 0 Å². The number of hydrogen-bond donors (Lipinski definition) is 0. The molecule has 1 atom stereocenters. The van der Waals surface area contributed by atoms with Crippen molar-refractivity contribution in [3.8, 4) is 0 Å². The lowest BCUT2D eigenvalue weighted by atomic mass is 9.83. The molecule has 0 aromatic carbocycles. The van der Waals surface area contributed by atoms with Crippen molar-refractivity contribution in [2.75, 3.05) is 0 Å². The summed E-state index contributed by atoms with van der Waals surface area (Å²) in [6, 6.07) is 0. The van der Waals surface area contributed by atoms with Crippen LogP contribution >= 0.6 is 0 Å². The van der Waals surface area contributed by atoms with Crippen molar-refractivity contribution < 1.29 is 9.59 Å². The van der Waals surface area contributed by atoms with Gasteiger partial charge in [0.25, 0.3) is 0 Å². The molecular weight excluding hydrogens is 236 g/mol. The third-order valence-corrected chi connectivity index (χ3v) is 3.23. The number of hydrogen-bond acceptors (Lipinski definition) is 2. The van der Waals surface area contributed by atoms with E-state index in [1.54, 1.807) is 24.3 Å². The Morgan fingerprint density at radius 2 is 1.58 bits per heavy atom. The van der Waals surface area contributed by atoms with Crippen LogP contribution in [0.4, 0.5) is 0 Å². The Balaban J connectivity index is 2.63. The first-order chi connectivity index (χ1) is 9.10. The third-order valence-electron chi connectivity index (χ3n) is 3.23. The van der Waals surface area contributed by atoms with Crippen molar-refractivity contribution in [1.82, 2.24) is 0 Å². The number of carbonyl (C=O) groups is 2. The van der Waals surface area contributed by atoms with Crippen LogP contribution in [0.3, 0.4) is 0 Å². The average molecular weight is 252 g/mol. The Kier molecular flexibility index (Phi) is 3.61. The first-order valence-electron chi connectivity index (χ1n) is 6.29. The molecule has 0 amide bonds. The normalized spacial score (nSPS) is 23.2. The number of carbonyl (C=O) groups excluding carboxylic acids is 2. The topological polar surface area (TPSA) is 34.1 Å². The number of rotatable bonds is 2. The van der Waals surface area contributed by atoms with E-state index in [9.17, 15) is 9.59 Å². The van der Waals surface area contributed by atoms with E-state index in [1.807, 2.05) is 26.0 Å². The summed E-state index contributed by atoms with van der Waals surface area (Å²) in [4.78, 5) is 24.9. The maximum absolute atomic E-state index is 12.5. The Bertz CT molecular complexity index is 607. The summed E-state index contributed by atoms with van der Waals surface area (Å²) >= 11 is 0. The highest BCUT2D eigenvalue weighted by atomic mass is 16.1. The van der Waals surface area contributed by atoms with Gasteiger partial charge in [0.05, 0.1) is 0 Å². The van der Waals surface area contributed by atoms with E-state index < -0.39 is 0 Å². The highest BCUT2D eigenvalue weighted by Crippen LogP contribution is 2.30. The van der Waals surface area contributed by atoms with Gasteiger partial charge in [0, 0.05) is 22.3 Å². The van der Waals surface area contributed by atoms with Crippen LogP contribution in [-0.4, -0.2) is 11.6 Å². The van der Waals surface area contributed by atoms with Gasteiger partial charge >= 0.3 is 0 Å². The minimum Gasteiger partial charge on any atom is -0.289 e. The van der Waals surface area contributed by atoms with Crippen LogP contribution in [0, 0.1) is 5.92 Å². The molecule has 1 unspecified atom stereocenters. The predicted molar refractivity (Wildman–Crippen MR) is 76.5 cm³/mol. The molecule has 0 heterocycles. The van der Waals surface area contributed by atoms with Gasteiger partial charge in [-0.25, -0.2) is 0 Å². The highest BCUT2D eigenvalue weighted by Gasteiger charge is 2.30. The number of Topliss-reactive ketones (excluding diaryl/α,β-unsaturated/α-hetero) is 2. The minimum absolute atomic E-state index is 0.113. The van der Waals surface area contributed by atoms with E-state index >= 15 is 0 Å². The SMILES string of the molecule is C=CC1=C(/C=C\C)C(=O)C2=C(C=CC(C)C=C2)C1=O. The molecule has 2 nitrogen and oxygen atoms in total. The Morgan fingerprint density at radius 3 is 2.05 bits per heavy atom. The molecule has 19 heavy (non-hydrogen) atoms. The van der Waals surface area contributed by atoms with Gasteiger partial charge in [0.15, 0.2) is 11.6 Å². The second-order valence-corrected chi connectivity index (χ2v) is 4.59. The maximum Gasteiger partial charge on any atom is 0.194 e. The Hall–Kier alpha value is -2.22.